The molecule has 0 aliphatic carbocycles. The van der Waals surface area contributed by atoms with E-state index in [1.165, 1.54) is 0 Å². The number of carbonyl (C=O) groups excluding carboxylic acids is 1. The van der Waals surface area contributed by atoms with Crippen LogP contribution in [0.15, 0.2) is 18.2 Å². The van der Waals surface area contributed by atoms with Crippen LogP contribution in [0, 0.1) is 0 Å². The fourth-order valence-corrected chi connectivity index (χ4v) is 3.45. The normalized spacial score (nSPS) is 14.2. The average molecular weight is 424 g/mol. The third-order valence-electron chi connectivity index (χ3n) is 5.08. The van der Waals surface area contributed by atoms with E-state index >= 15 is 0 Å². The summed E-state index contributed by atoms with van der Waals surface area (Å²) in [5, 5.41) is 10.7. The Morgan fingerprint density at radius 1 is 1.28 bits per heavy atom. The Hall–Kier alpha value is -2.32. The molecule has 8 nitrogen and oxygen atoms in total. The van der Waals surface area contributed by atoms with Crippen LogP contribution in [-0.2, 0) is 18.3 Å². The Morgan fingerprint density at radius 3 is 2.72 bits per heavy atom. The Kier molecular flexibility index (Phi) is 8.72. The van der Waals surface area contributed by atoms with E-state index in [1.807, 2.05) is 25.2 Å². The molecule has 0 radical (unpaired) electrons. The molecule has 1 fully saturated rings. The average Bonchev–Trinajstić information content (AvgIpc) is 3.09. The fraction of sp³-hybridized carbons (Fsp3) is 0.550. The van der Waals surface area contributed by atoms with Crippen LogP contribution in [0.25, 0.3) is 0 Å². The van der Waals surface area contributed by atoms with E-state index in [9.17, 15) is 4.79 Å². The minimum atomic E-state index is -0.0557. The van der Waals surface area contributed by atoms with Gasteiger partial charge in [-0.2, -0.15) is 10.1 Å². The molecule has 1 amide bonds. The molecule has 0 unspecified atom stereocenters. The third-order valence-corrected chi connectivity index (χ3v) is 5.08. The van der Waals surface area contributed by atoms with Gasteiger partial charge in [-0.15, -0.1) is 12.4 Å². The van der Waals surface area contributed by atoms with Crippen molar-refractivity contribution >= 4 is 24.3 Å². The van der Waals surface area contributed by atoms with Crippen molar-refractivity contribution in [3.05, 3.63) is 29.6 Å². The monoisotopic (exact) mass is 423 g/mol. The molecule has 1 aromatic carbocycles. The summed E-state index contributed by atoms with van der Waals surface area (Å²) in [7, 11) is 5.08. The largest absolute Gasteiger partial charge is 0.497 e. The quantitative estimate of drug-likeness (QED) is 0.678. The zero-order valence-corrected chi connectivity index (χ0v) is 18.1. The predicted molar refractivity (Wildman–Crippen MR) is 114 cm³/mol. The number of aromatic nitrogens is 3. The second-order valence-corrected chi connectivity index (χ2v) is 7.02. The van der Waals surface area contributed by atoms with Gasteiger partial charge in [-0.3, -0.25) is 10.1 Å². The zero-order chi connectivity index (χ0) is 19.9. The van der Waals surface area contributed by atoms with Gasteiger partial charge in [0.1, 0.15) is 11.5 Å². The van der Waals surface area contributed by atoms with E-state index < -0.39 is 0 Å². The standard InChI is InChI=1S/C20H29N5O3.ClH/c1-25-20(23-19(24-25)15-9-11-21-12-10-15)22-18(26)6-4-5-14-7-8-16(27-2)13-17(14)28-3;/h7-8,13,15,21H,4-6,9-12H2,1-3H3,(H,22,23,24,26);1H. The first-order valence-corrected chi connectivity index (χ1v) is 9.73. The van der Waals surface area contributed by atoms with E-state index in [4.69, 9.17) is 9.47 Å². The number of piperidine rings is 1. The summed E-state index contributed by atoms with van der Waals surface area (Å²) in [4.78, 5) is 16.9. The highest BCUT2D eigenvalue weighted by Gasteiger charge is 2.21. The van der Waals surface area contributed by atoms with Crippen molar-refractivity contribution in [1.29, 1.82) is 0 Å². The second-order valence-electron chi connectivity index (χ2n) is 7.02. The maximum Gasteiger partial charge on any atom is 0.227 e. The Balaban J connectivity index is 0.00000300. The maximum absolute atomic E-state index is 12.3. The number of rotatable bonds is 8. The molecule has 0 atom stereocenters. The van der Waals surface area contributed by atoms with Gasteiger partial charge < -0.3 is 14.8 Å². The lowest BCUT2D eigenvalue weighted by Gasteiger charge is -2.19. The molecule has 0 spiro atoms. The molecule has 3 rings (SSSR count). The van der Waals surface area contributed by atoms with Gasteiger partial charge in [0.05, 0.1) is 14.2 Å². The minimum absolute atomic E-state index is 0. The summed E-state index contributed by atoms with van der Waals surface area (Å²) in [6, 6.07) is 5.74. The first kappa shape index (κ1) is 23.0. The summed E-state index contributed by atoms with van der Waals surface area (Å²) in [6.45, 7) is 1.97. The number of amides is 1. The molecule has 9 heteroatoms. The lowest BCUT2D eigenvalue weighted by atomic mass is 9.98. The first-order chi connectivity index (χ1) is 13.6. The SMILES string of the molecule is COc1ccc(CCCC(=O)Nc2nc(C3CCNCC3)nn2C)c(OC)c1.Cl. The molecule has 1 aromatic heterocycles. The van der Waals surface area contributed by atoms with Crippen molar-refractivity contribution < 1.29 is 14.3 Å². The van der Waals surface area contributed by atoms with Crippen LogP contribution < -0.4 is 20.1 Å². The first-order valence-electron chi connectivity index (χ1n) is 9.73. The van der Waals surface area contributed by atoms with E-state index in [0.717, 1.165) is 55.2 Å². The molecule has 160 valence electrons. The van der Waals surface area contributed by atoms with Gasteiger partial charge in [-0.25, -0.2) is 4.68 Å². The number of hydrogen-bond donors (Lipinski definition) is 2. The minimum Gasteiger partial charge on any atom is -0.497 e. The number of nitrogens with one attached hydrogen (secondary N) is 2. The number of benzene rings is 1. The molecule has 1 saturated heterocycles. The lowest BCUT2D eigenvalue weighted by molar-refractivity contribution is -0.116. The smallest absolute Gasteiger partial charge is 0.227 e. The van der Waals surface area contributed by atoms with Gasteiger partial charge in [0.15, 0.2) is 5.82 Å². The van der Waals surface area contributed by atoms with Crippen LogP contribution in [0.2, 0.25) is 0 Å². The number of ether oxygens (including phenoxy) is 2. The van der Waals surface area contributed by atoms with Crippen LogP contribution in [-0.4, -0.2) is 48.0 Å². The van der Waals surface area contributed by atoms with Crippen molar-refractivity contribution in [2.45, 2.75) is 38.0 Å². The highest BCUT2D eigenvalue weighted by molar-refractivity contribution is 5.88. The number of anilines is 1. The number of methoxy groups -OCH3 is 2. The molecule has 2 N–H and O–H groups in total. The van der Waals surface area contributed by atoms with Crippen molar-refractivity contribution in [2.24, 2.45) is 7.05 Å². The van der Waals surface area contributed by atoms with Crippen LogP contribution >= 0.6 is 12.4 Å². The maximum atomic E-state index is 12.3. The van der Waals surface area contributed by atoms with E-state index in [-0.39, 0.29) is 18.3 Å². The van der Waals surface area contributed by atoms with E-state index in [1.54, 1.807) is 18.9 Å². The van der Waals surface area contributed by atoms with Crippen LogP contribution in [0.4, 0.5) is 5.95 Å². The van der Waals surface area contributed by atoms with Gasteiger partial charge in [0.25, 0.3) is 0 Å². The molecule has 2 heterocycles. The van der Waals surface area contributed by atoms with E-state index in [2.05, 4.69) is 20.7 Å². The van der Waals surface area contributed by atoms with Crippen molar-refractivity contribution in [1.82, 2.24) is 20.1 Å². The molecule has 1 aliphatic heterocycles. The number of carbonyl (C=O) groups is 1. The van der Waals surface area contributed by atoms with Gasteiger partial charge in [-0.05, 0) is 50.4 Å². The van der Waals surface area contributed by atoms with Gasteiger partial charge in [0, 0.05) is 25.5 Å². The van der Waals surface area contributed by atoms with Gasteiger partial charge in [-0.1, -0.05) is 6.07 Å². The van der Waals surface area contributed by atoms with Crippen molar-refractivity contribution in [3.8, 4) is 11.5 Å². The lowest BCUT2D eigenvalue weighted by Crippen LogP contribution is -2.27. The van der Waals surface area contributed by atoms with E-state index in [0.29, 0.717) is 24.7 Å². The summed E-state index contributed by atoms with van der Waals surface area (Å²) < 4.78 is 12.3. The Labute approximate surface area is 177 Å². The summed E-state index contributed by atoms with van der Waals surface area (Å²) in [5.41, 5.74) is 1.06. The summed E-state index contributed by atoms with van der Waals surface area (Å²) >= 11 is 0. The van der Waals surface area contributed by atoms with Crippen LogP contribution in [0.3, 0.4) is 0 Å². The predicted octanol–water partition coefficient (Wildman–Crippen LogP) is 2.68. The number of halogens is 1. The van der Waals surface area contributed by atoms with Crippen LogP contribution in [0.1, 0.15) is 43.0 Å². The van der Waals surface area contributed by atoms with Crippen molar-refractivity contribution in [3.63, 3.8) is 0 Å². The van der Waals surface area contributed by atoms with Crippen LogP contribution in [0.5, 0.6) is 11.5 Å². The highest BCUT2D eigenvalue weighted by atomic mass is 35.5. The Morgan fingerprint density at radius 2 is 2.03 bits per heavy atom. The molecule has 1 aliphatic rings. The highest BCUT2D eigenvalue weighted by Crippen LogP contribution is 2.26. The molecular weight excluding hydrogens is 394 g/mol. The third kappa shape index (κ3) is 6.08. The van der Waals surface area contributed by atoms with Crippen molar-refractivity contribution in [2.75, 3.05) is 32.6 Å². The number of aryl methyl sites for hydroxylation is 2. The molecular formula is C20H30ClN5O3. The topological polar surface area (TPSA) is 90.3 Å². The number of hydrogen-bond acceptors (Lipinski definition) is 6. The second kappa shape index (κ2) is 11.0. The summed E-state index contributed by atoms with van der Waals surface area (Å²) in [5.74, 6) is 3.17. The Bertz CT molecular complexity index is 805. The fourth-order valence-electron chi connectivity index (χ4n) is 3.45. The zero-order valence-electron chi connectivity index (χ0n) is 17.2. The molecule has 29 heavy (non-hydrogen) atoms. The molecule has 2 aromatic rings. The van der Waals surface area contributed by atoms with Gasteiger partial charge in [0.2, 0.25) is 11.9 Å². The molecule has 0 saturated carbocycles. The van der Waals surface area contributed by atoms with Gasteiger partial charge >= 0.3 is 0 Å². The molecule has 0 bridgehead atoms. The summed E-state index contributed by atoms with van der Waals surface area (Å²) in [6.07, 6.45) is 3.93. The number of nitrogens with zero attached hydrogens (tertiary/aromatic N) is 3.